The molecule has 2 heteroatoms. The quantitative estimate of drug-likeness (QED) is 0.676. The monoisotopic (exact) mass is 193 g/mol. The first-order chi connectivity index (χ1) is 6.84. The minimum Gasteiger partial charge on any atom is -0.396 e. The van der Waals surface area contributed by atoms with Gasteiger partial charge in [-0.3, -0.25) is 0 Å². The maximum atomic E-state index is 8.60. The van der Waals surface area contributed by atoms with Crippen molar-refractivity contribution in [2.75, 3.05) is 13.2 Å². The van der Waals surface area contributed by atoms with Crippen LogP contribution in [0, 0.1) is 6.92 Å². The molecule has 0 amide bonds. The van der Waals surface area contributed by atoms with Crippen molar-refractivity contribution in [1.82, 2.24) is 5.32 Å². The number of aliphatic hydroxyl groups is 1. The molecule has 1 aromatic carbocycles. The molecule has 0 unspecified atom stereocenters. The highest BCUT2D eigenvalue weighted by Crippen LogP contribution is 2.05. The zero-order chi connectivity index (χ0) is 10.2. The molecular weight excluding hydrogens is 174 g/mol. The molecule has 14 heavy (non-hydrogen) atoms. The van der Waals surface area contributed by atoms with Crippen LogP contribution in [0.2, 0.25) is 0 Å². The van der Waals surface area contributed by atoms with Gasteiger partial charge in [0.1, 0.15) is 0 Å². The molecule has 2 N–H and O–H groups in total. The van der Waals surface area contributed by atoms with Crippen molar-refractivity contribution in [1.29, 1.82) is 0 Å². The third kappa shape index (κ3) is 3.90. The number of nitrogens with one attached hydrogen (secondary N) is 1. The lowest BCUT2D eigenvalue weighted by atomic mass is 10.1. The van der Waals surface area contributed by atoms with Gasteiger partial charge in [-0.1, -0.05) is 24.3 Å². The van der Waals surface area contributed by atoms with Crippen LogP contribution in [-0.4, -0.2) is 18.3 Å². The highest BCUT2D eigenvalue weighted by Gasteiger charge is 1.95. The molecule has 0 saturated carbocycles. The van der Waals surface area contributed by atoms with E-state index in [1.165, 1.54) is 11.1 Å². The maximum Gasteiger partial charge on any atom is 0.0431 e. The molecule has 0 atom stereocenters. The second kappa shape index (κ2) is 6.57. The number of aliphatic hydroxyl groups excluding tert-OH is 1. The Balaban J connectivity index is 2.21. The van der Waals surface area contributed by atoms with E-state index < -0.39 is 0 Å². The largest absolute Gasteiger partial charge is 0.396 e. The molecule has 78 valence electrons. The van der Waals surface area contributed by atoms with Gasteiger partial charge in [0.05, 0.1) is 0 Å². The van der Waals surface area contributed by atoms with Crippen LogP contribution in [0.15, 0.2) is 24.3 Å². The van der Waals surface area contributed by atoms with Crippen molar-refractivity contribution in [3.8, 4) is 0 Å². The molecule has 0 aliphatic carbocycles. The summed E-state index contributed by atoms with van der Waals surface area (Å²) < 4.78 is 0. The lowest BCUT2D eigenvalue weighted by Gasteiger charge is -2.06. The van der Waals surface area contributed by atoms with Gasteiger partial charge in [-0.15, -0.1) is 0 Å². The van der Waals surface area contributed by atoms with Gasteiger partial charge in [0, 0.05) is 13.2 Å². The van der Waals surface area contributed by atoms with Crippen LogP contribution < -0.4 is 5.32 Å². The van der Waals surface area contributed by atoms with Crippen molar-refractivity contribution >= 4 is 0 Å². The van der Waals surface area contributed by atoms with Gasteiger partial charge in [0.15, 0.2) is 0 Å². The molecule has 0 saturated heterocycles. The lowest BCUT2D eigenvalue weighted by molar-refractivity contribution is 0.283. The molecule has 0 bridgehead atoms. The summed E-state index contributed by atoms with van der Waals surface area (Å²) in [6, 6.07) is 8.40. The first-order valence-electron chi connectivity index (χ1n) is 5.20. The van der Waals surface area contributed by atoms with Gasteiger partial charge in [0.25, 0.3) is 0 Å². The molecule has 0 radical (unpaired) electrons. The van der Waals surface area contributed by atoms with Crippen LogP contribution in [0.4, 0.5) is 0 Å². The van der Waals surface area contributed by atoms with Gasteiger partial charge in [-0.25, -0.2) is 0 Å². The summed E-state index contributed by atoms with van der Waals surface area (Å²) in [5.74, 6) is 0. The second-order valence-electron chi connectivity index (χ2n) is 3.53. The van der Waals surface area contributed by atoms with Crippen molar-refractivity contribution in [3.05, 3.63) is 35.4 Å². The van der Waals surface area contributed by atoms with Gasteiger partial charge in [0.2, 0.25) is 0 Å². The predicted octanol–water partition coefficient (Wildman–Crippen LogP) is 1.86. The molecule has 0 aromatic heterocycles. The van der Waals surface area contributed by atoms with E-state index in [4.69, 9.17) is 5.11 Å². The first-order valence-corrected chi connectivity index (χ1v) is 5.20. The standard InChI is InChI=1S/C12H19NO/c1-11-6-2-3-7-12(11)10-13-8-4-5-9-14/h2-3,6-7,13-14H,4-5,8-10H2,1H3. The van der Waals surface area contributed by atoms with Crippen molar-refractivity contribution in [3.63, 3.8) is 0 Å². The molecular formula is C12H19NO. The topological polar surface area (TPSA) is 32.3 Å². The van der Waals surface area contributed by atoms with Crippen molar-refractivity contribution < 1.29 is 5.11 Å². The fourth-order valence-electron chi connectivity index (χ4n) is 1.39. The van der Waals surface area contributed by atoms with E-state index in [1.54, 1.807) is 0 Å². The van der Waals surface area contributed by atoms with E-state index in [0.717, 1.165) is 25.9 Å². The normalized spacial score (nSPS) is 10.4. The van der Waals surface area contributed by atoms with Crippen molar-refractivity contribution in [2.45, 2.75) is 26.3 Å². The smallest absolute Gasteiger partial charge is 0.0431 e. The summed E-state index contributed by atoms with van der Waals surface area (Å²) in [6.45, 7) is 4.34. The average molecular weight is 193 g/mol. The fourth-order valence-corrected chi connectivity index (χ4v) is 1.39. The van der Waals surface area contributed by atoms with Crippen LogP contribution in [0.5, 0.6) is 0 Å². The Morgan fingerprint density at radius 1 is 1.21 bits per heavy atom. The minimum atomic E-state index is 0.298. The number of unbranched alkanes of at least 4 members (excludes halogenated alkanes) is 1. The van der Waals surface area contributed by atoms with Gasteiger partial charge in [-0.2, -0.15) is 0 Å². The minimum absolute atomic E-state index is 0.298. The summed E-state index contributed by atoms with van der Waals surface area (Å²) in [7, 11) is 0. The summed E-state index contributed by atoms with van der Waals surface area (Å²) in [6.07, 6.45) is 1.93. The molecule has 1 aromatic rings. The van der Waals surface area contributed by atoms with E-state index in [1.807, 2.05) is 0 Å². The Morgan fingerprint density at radius 3 is 2.71 bits per heavy atom. The number of hydrogen-bond donors (Lipinski definition) is 2. The third-order valence-corrected chi connectivity index (χ3v) is 2.34. The molecule has 0 aliphatic rings. The summed E-state index contributed by atoms with van der Waals surface area (Å²) in [5.41, 5.74) is 2.69. The zero-order valence-corrected chi connectivity index (χ0v) is 8.79. The Bertz CT molecular complexity index is 260. The van der Waals surface area contributed by atoms with E-state index in [2.05, 4.69) is 36.5 Å². The fraction of sp³-hybridized carbons (Fsp3) is 0.500. The second-order valence-corrected chi connectivity index (χ2v) is 3.53. The highest BCUT2D eigenvalue weighted by molar-refractivity contribution is 5.25. The molecule has 2 nitrogen and oxygen atoms in total. The maximum absolute atomic E-state index is 8.60. The lowest BCUT2D eigenvalue weighted by Crippen LogP contribution is -2.15. The number of benzene rings is 1. The van der Waals surface area contributed by atoms with Gasteiger partial charge in [-0.05, 0) is 37.4 Å². The van der Waals surface area contributed by atoms with Crippen LogP contribution in [0.3, 0.4) is 0 Å². The van der Waals surface area contributed by atoms with E-state index in [-0.39, 0.29) is 0 Å². The zero-order valence-electron chi connectivity index (χ0n) is 8.79. The number of hydrogen-bond acceptors (Lipinski definition) is 2. The number of aryl methyl sites for hydroxylation is 1. The average Bonchev–Trinajstić information content (AvgIpc) is 2.20. The van der Waals surface area contributed by atoms with Gasteiger partial charge >= 0.3 is 0 Å². The molecule has 0 aliphatic heterocycles. The Kier molecular flexibility index (Phi) is 5.27. The summed E-state index contributed by atoms with van der Waals surface area (Å²) in [4.78, 5) is 0. The van der Waals surface area contributed by atoms with E-state index >= 15 is 0 Å². The van der Waals surface area contributed by atoms with E-state index in [9.17, 15) is 0 Å². The third-order valence-electron chi connectivity index (χ3n) is 2.34. The SMILES string of the molecule is Cc1ccccc1CNCCCCO. The molecule has 0 spiro atoms. The predicted molar refractivity (Wildman–Crippen MR) is 59.2 cm³/mol. The van der Waals surface area contributed by atoms with Crippen molar-refractivity contribution in [2.24, 2.45) is 0 Å². The van der Waals surface area contributed by atoms with Crippen LogP contribution in [-0.2, 0) is 6.54 Å². The van der Waals surface area contributed by atoms with E-state index in [0.29, 0.717) is 6.61 Å². The Labute approximate surface area is 86.0 Å². The highest BCUT2D eigenvalue weighted by atomic mass is 16.2. The van der Waals surface area contributed by atoms with Gasteiger partial charge < -0.3 is 10.4 Å². The molecule has 0 heterocycles. The Morgan fingerprint density at radius 2 is 2.00 bits per heavy atom. The first kappa shape index (κ1) is 11.2. The summed E-state index contributed by atoms with van der Waals surface area (Å²) >= 11 is 0. The molecule has 0 fully saturated rings. The number of rotatable bonds is 6. The Hall–Kier alpha value is -0.860. The van der Waals surface area contributed by atoms with Crippen LogP contribution in [0.25, 0.3) is 0 Å². The van der Waals surface area contributed by atoms with Crippen LogP contribution >= 0.6 is 0 Å². The molecule has 1 rings (SSSR count). The van der Waals surface area contributed by atoms with Crippen LogP contribution in [0.1, 0.15) is 24.0 Å². The summed E-state index contributed by atoms with van der Waals surface area (Å²) in [5, 5.41) is 12.0.